The second-order valence-electron chi connectivity index (χ2n) is 9.41. The van der Waals surface area contributed by atoms with Crippen molar-refractivity contribution in [1.29, 1.82) is 0 Å². The summed E-state index contributed by atoms with van der Waals surface area (Å²) in [6.07, 6.45) is 12.9. The minimum absolute atomic E-state index is 0.0278. The third kappa shape index (κ3) is 4.72. The molecule has 0 radical (unpaired) electrons. The molecule has 1 saturated heterocycles. The first-order chi connectivity index (χ1) is 16.6. The van der Waals surface area contributed by atoms with Crippen LogP contribution in [0.1, 0.15) is 70.0 Å². The van der Waals surface area contributed by atoms with Crippen LogP contribution in [0, 0.1) is 0 Å². The third-order valence-electron chi connectivity index (χ3n) is 7.04. The Kier molecular flexibility index (Phi) is 6.92. The summed E-state index contributed by atoms with van der Waals surface area (Å²) in [5, 5.41) is 19.3. The summed E-state index contributed by atoms with van der Waals surface area (Å²) in [6.45, 7) is 4.36. The molecular weight excluding hydrogens is 432 g/mol. The summed E-state index contributed by atoms with van der Waals surface area (Å²) in [5.41, 5.74) is 3.95. The Bertz CT molecular complexity index is 1100. The molecule has 0 spiro atoms. The van der Waals surface area contributed by atoms with Gasteiger partial charge in [-0.25, -0.2) is 9.67 Å². The van der Waals surface area contributed by atoms with Gasteiger partial charge in [0, 0.05) is 25.0 Å². The van der Waals surface area contributed by atoms with Crippen molar-refractivity contribution in [2.75, 3.05) is 31.6 Å². The fourth-order valence-corrected chi connectivity index (χ4v) is 5.05. The normalized spacial score (nSPS) is 23.7. The van der Waals surface area contributed by atoms with E-state index in [-0.39, 0.29) is 24.7 Å². The topological polar surface area (TPSA) is 105 Å². The maximum atomic E-state index is 12.2. The lowest BCUT2D eigenvalue weighted by Crippen LogP contribution is -2.41. The summed E-state index contributed by atoms with van der Waals surface area (Å²) in [4.78, 5) is 23.5. The molecule has 1 amide bonds. The van der Waals surface area contributed by atoms with Gasteiger partial charge in [0.15, 0.2) is 5.65 Å². The standard InChI is InChI=1S/C25H34N6O3/c1-2-3-12-26-25-27-15-21-23(29-31(24(21)28-25)19-8-10-20(32)11-9-19)17-4-6-18(7-5-17)30-13-14-34-16-22(30)33/h4,6,15,19-20,32H,2-3,5,7-14,16H2,1H3,(H,26,27,28). The number of aliphatic hydroxyl groups excluding tert-OH is 1. The number of rotatable bonds is 7. The largest absolute Gasteiger partial charge is 0.393 e. The van der Waals surface area contributed by atoms with Gasteiger partial charge in [0.05, 0.1) is 29.8 Å². The third-order valence-corrected chi connectivity index (χ3v) is 7.04. The van der Waals surface area contributed by atoms with Crippen LogP contribution in [0.2, 0.25) is 0 Å². The van der Waals surface area contributed by atoms with Crippen LogP contribution in [0.5, 0.6) is 0 Å². The van der Waals surface area contributed by atoms with Crippen LogP contribution < -0.4 is 5.32 Å². The first kappa shape index (κ1) is 23.0. The molecule has 3 heterocycles. The van der Waals surface area contributed by atoms with Crippen LogP contribution in [0.25, 0.3) is 16.6 Å². The van der Waals surface area contributed by atoms with E-state index >= 15 is 0 Å². The van der Waals surface area contributed by atoms with Gasteiger partial charge >= 0.3 is 0 Å². The second-order valence-corrected chi connectivity index (χ2v) is 9.41. The number of carbonyl (C=O) groups is 1. The Morgan fingerprint density at radius 2 is 2.06 bits per heavy atom. The summed E-state index contributed by atoms with van der Waals surface area (Å²) >= 11 is 0. The van der Waals surface area contributed by atoms with E-state index in [0.29, 0.717) is 19.1 Å². The van der Waals surface area contributed by atoms with Crippen LogP contribution in [0.4, 0.5) is 5.95 Å². The van der Waals surface area contributed by atoms with Crippen molar-refractivity contribution >= 4 is 28.5 Å². The molecule has 2 fully saturated rings. The van der Waals surface area contributed by atoms with Gasteiger partial charge < -0.3 is 20.1 Å². The van der Waals surface area contributed by atoms with E-state index in [1.165, 1.54) is 0 Å². The molecule has 2 N–H and O–H groups in total. The highest BCUT2D eigenvalue weighted by atomic mass is 16.5. The molecule has 0 unspecified atom stereocenters. The van der Waals surface area contributed by atoms with E-state index in [1.807, 2.05) is 17.2 Å². The van der Waals surface area contributed by atoms with Crippen LogP contribution in [0.15, 0.2) is 24.0 Å². The Balaban J connectivity index is 1.47. The molecule has 34 heavy (non-hydrogen) atoms. The molecule has 1 aliphatic heterocycles. The Morgan fingerprint density at radius 3 is 2.79 bits per heavy atom. The number of nitrogens with one attached hydrogen (secondary N) is 1. The van der Waals surface area contributed by atoms with Crippen LogP contribution in [0.3, 0.4) is 0 Å². The molecule has 9 nitrogen and oxygen atoms in total. The predicted octanol–water partition coefficient (Wildman–Crippen LogP) is 3.43. The quantitative estimate of drug-likeness (QED) is 0.602. The molecule has 0 aromatic carbocycles. The molecular formula is C25H34N6O3. The number of hydrogen-bond acceptors (Lipinski definition) is 7. The lowest BCUT2D eigenvalue weighted by atomic mass is 9.93. The zero-order valence-electron chi connectivity index (χ0n) is 19.9. The highest BCUT2D eigenvalue weighted by molar-refractivity contribution is 5.89. The number of carbonyl (C=O) groups excluding carboxylic acids is 1. The Labute approximate surface area is 199 Å². The van der Waals surface area contributed by atoms with Crippen molar-refractivity contribution < 1.29 is 14.6 Å². The van der Waals surface area contributed by atoms with Gasteiger partial charge in [0.25, 0.3) is 5.91 Å². The number of amides is 1. The molecule has 3 aliphatic rings. The maximum Gasteiger partial charge on any atom is 0.252 e. The fraction of sp³-hybridized carbons (Fsp3) is 0.600. The van der Waals surface area contributed by atoms with Crippen molar-refractivity contribution in [3.05, 3.63) is 29.7 Å². The van der Waals surface area contributed by atoms with Gasteiger partial charge in [-0.3, -0.25) is 4.79 Å². The number of unbranched alkanes of at least 4 members (excludes halogenated alkanes) is 1. The zero-order valence-corrected chi connectivity index (χ0v) is 19.9. The number of anilines is 1. The lowest BCUT2D eigenvalue weighted by Gasteiger charge is -2.30. The Morgan fingerprint density at radius 1 is 1.21 bits per heavy atom. The summed E-state index contributed by atoms with van der Waals surface area (Å²) in [7, 11) is 0. The molecule has 182 valence electrons. The van der Waals surface area contributed by atoms with Crippen LogP contribution in [-0.2, 0) is 9.53 Å². The minimum atomic E-state index is -0.217. The number of aliphatic hydroxyl groups is 1. The molecule has 1 saturated carbocycles. The molecule has 0 atom stereocenters. The lowest BCUT2D eigenvalue weighted by molar-refractivity contribution is -0.140. The van der Waals surface area contributed by atoms with E-state index in [4.69, 9.17) is 14.8 Å². The molecule has 2 aliphatic carbocycles. The molecule has 2 aromatic rings. The van der Waals surface area contributed by atoms with Crippen molar-refractivity contribution in [2.24, 2.45) is 0 Å². The highest BCUT2D eigenvalue weighted by Gasteiger charge is 2.28. The summed E-state index contributed by atoms with van der Waals surface area (Å²) in [5.74, 6) is 0.662. The Hall–Kier alpha value is -2.78. The number of fused-ring (bicyclic) bond motifs is 1. The number of nitrogens with zero attached hydrogens (tertiary/aromatic N) is 5. The van der Waals surface area contributed by atoms with Gasteiger partial charge in [-0.15, -0.1) is 0 Å². The van der Waals surface area contributed by atoms with Crippen molar-refractivity contribution in [3.8, 4) is 0 Å². The van der Waals surface area contributed by atoms with Gasteiger partial charge in [-0.1, -0.05) is 19.4 Å². The highest BCUT2D eigenvalue weighted by Crippen LogP contribution is 2.36. The number of morpholine rings is 1. The second kappa shape index (κ2) is 10.2. The summed E-state index contributed by atoms with van der Waals surface area (Å²) < 4.78 is 7.33. The van der Waals surface area contributed by atoms with Crippen LogP contribution in [-0.4, -0.2) is 68.1 Å². The monoisotopic (exact) mass is 466 g/mol. The first-order valence-corrected chi connectivity index (χ1v) is 12.6. The molecule has 2 aromatic heterocycles. The average Bonchev–Trinajstić information content (AvgIpc) is 3.24. The molecule has 5 rings (SSSR count). The van der Waals surface area contributed by atoms with Crippen molar-refractivity contribution in [3.63, 3.8) is 0 Å². The van der Waals surface area contributed by atoms with Gasteiger partial charge in [-0.2, -0.15) is 10.1 Å². The number of aromatic nitrogens is 4. The zero-order chi connectivity index (χ0) is 23.5. The van der Waals surface area contributed by atoms with E-state index in [2.05, 4.69) is 28.0 Å². The van der Waals surface area contributed by atoms with Gasteiger partial charge in [0.1, 0.15) is 6.61 Å². The van der Waals surface area contributed by atoms with Gasteiger partial charge in [-0.05, 0) is 56.6 Å². The van der Waals surface area contributed by atoms with E-state index in [9.17, 15) is 9.90 Å². The number of hydrogen-bond donors (Lipinski definition) is 2. The van der Waals surface area contributed by atoms with Crippen LogP contribution >= 0.6 is 0 Å². The minimum Gasteiger partial charge on any atom is -0.393 e. The maximum absolute atomic E-state index is 12.2. The van der Waals surface area contributed by atoms with E-state index in [0.717, 1.165) is 85.9 Å². The van der Waals surface area contributed by atoms with Gasteiger partial charge in [0.2, 0.25) is 5.95 Å². The van der Waals surface area contributed by atoms with Crippen molar-refractivity contribution in [1.82, 2.24) is 24.6 Å². The summed E-state index contributed by atoms with van der Waals surface area (Å²) in [6, 6.07) is 0.222. The molecule has 9 heteroatoms. The molecule has 0 bridgehead atoms. The number of allylic oxidation sites excluding steroid dienone is 4. The number of ether oxygens (including phenoxy) is 1. The smallest absolute Gasteiger partial charge is 0.252 e. The predicted molar refractivity (Wildman–Crippen MR) is 130 cm³/mol. The van der Waals surface area contributed by atoms with Crippen molar-refractivity contribution in [2.45, 2.75) is 70.4 Å². The SMILES string of the molecule is CCCCNc1ncc2c(C3=CC=C(N4CCOCC4=O)CC3)nn(C3CCC(O)CC3)c2n1. The fourth-order valence-electron chi connectivity index (χ4n) is 5.05. The van der Waals surface area contributed by atoms with E-state index in [1.54, 1.807) is 0 Å². The first-order valence-electron chi connectivity index (χ1n) is 12.6. The van der Waals surface area contributed by atoms with E-state index < -0.39 is 0 Å². The average molecular weight is 467 g/mol.